The normalized spacial score (nSPS) is 29.0. The third kappa shape index (κ3) is 2.42. The SMILES string of the molecule is COC(=O)CC[C@]1(C)N=N[C@@H]2C(=O)N(c3ccccc3)C(=O)[C@@H]21. The number of ether oxygens (including phenoxy) is 1. The Morgan fingerprint density at radius 3 is 2.61 bits per heavy atom. The zero-order valence-electron chi connectivity index (χ0n) is 12.9. The average molecular weight is 315 g/mol. The summed E-state index contributed by atoms with van der Waals surface area (Å²) in [5.74, 6) is -1.72. The Morgan fingerprint density at radius 1 is 1.26 bits per heavy atom. The number of anilines is 1. The molecule has 0 unspecified atom stereocenters. The average Bonchev–Trinajstić information content (AvgIpc) is 3.03. The molecule has 3 atom stereocenters. The molecule has 2 amide bonds. The summed E-state index contributed by atoms with van der Waals surface area (Å²) in [6, 6.07) is 7.96. The van der Waals surface area contributed by atoms with Crippen molar-refractivity contribution in [3.05, 3.63) is 30.3 Å². The first-order chi connectivity index (χ1) is 11.0. The highest BCUT2D eigenvalue weighted by atomic mass is 16.5. The first-order valence-electron chi connectivity index (χ1n) is 7.39. The smallest absolute Gasteiger partial charge is 0.305 e. The zero-order valence-corrected chi connectivity index (χ0v) is 12.9. The van der Waals surface area contributed by atoms with E-state index >= 15 is 0 Å². The first-order valence-corrected chi connectivity index (χ1v) is 7.39. The maximum Gasteiger partial charge on any atom is 0.305 e. The summed E-state index contributed by atoms with van der Waals surface area (Å²) in [5, 5.41) is 8.16. The predicted octanol–water partition coefficient (Wildman–Crippen LogP) is 1.72. The number of amides is 2. The largest absolute Gasteiger partial charge is 0.469 e. The van der Waals surface area contributed by atoms with E-state index in [0.717, 1.165) is 0 Å². The molecule has 23 heavy (non-hydrogen) atoms. The van der Waals surface area contributed by atoms with Crippen molar-refractivity contribution < 1.29 is 19.1 Å². The minimum atomic E-state index is -0.866. The van der Waals surface area contributed by atoms with Crippen LogP contribution in [0.15, 0.2) is 40.6 Å². The van der Waals surface area contributed by atoms with Crippen LogP contribution in [0.3, 0.4) is 0 Å². The molecular weight excluding hydrogens is 298 g/mol. The molecule has 1 aromatic carbocycles. The van der Waals surface area contributed by atoms with Crippen LogP contribution < -0.4 is 4.90 Å². The lowest BCUT2D eigenvalue weighted by molar-refractivity contribution is -0.141. The van der Waals surface area contributed by atoms with Crippen LogP contribution in [0, 0.1) is 5.92 Å². The fourth-order valence-electron chi connectivity index (χ4n) is 3.13. The van der Waals surface area contributed by atoms with Crippen molar-refractivity contribution in [3.8, 4) is 0 Å². The van der Waals surface area contributed by atoms with Crippen molar-refractivity contribution in [3.63, 3.8) is 0 Å². The quantitative estimate of drug-likeness (QED) is 0.625. The standard InChI is InChI=1S/C16H17N3O4/c1-16(9-8-11(20)23-2)12-13(17-18-16)15(22)19(14(12)21)10-6-4-3-5-7-10/h3-7,12-13H,8-9H2,1-2H3/t12-,13+,16+/m1/s1. The molecule has 2 heterocycles. The molecule has 1 aromatic rings. The minimum absolute atomic E-state index is 0.127. The van der Waals surface area contributed by atoms with Crippen LogP contribution in [0.5, 0.6) is 0 Å². The van der Waals surface area contributed by atoms with Gasteiger partial charge < -0.3 is 4.74 Å². The Hall–Kier alpha value is -2.57. The summed E-state index contributed by atoms with van der Waals surface area (Å²) in [4.78, 5) is 37.9. The van der Waals surface area contributed by atoms with Crippen molar-refractivity contribution in [2.24, 2.45) is 16.1 Å². The Balaban J connectivity index is 1.86. The van der Waals surface area contributed by atoms with Crippen LogP contribution in [0.2, 0.25) is 0 Å². The summed E-state index contributed by atoms with van der Waals surface area (Å²) in [5.41, 5.74) is -0.336. The summed E-state index contributed by atoms with van der Waals surface area (Å²) in [6.45, 7) is 1.75. The highest BCUT2D eigenvalue weighted by Crippen LogP contribution is 2.44. The number of carbonyl (C=O) groups excluding carboxylic acids is 3. The highest BCUT2D eigenvalue weighted by Gasteiger charge is 2.60. The first kappa shape index (κ1) is 15.3. The van der Waals surface area contributed by atoms with Gasteiger partial charge in [0.25, 0.3) is 5.91 Å². The molecule has 1 saturated heterocycles. The maximum atomic E-state index is 12.8. The molecule has 3 rings (SSSR count). The monoisotopic (exact) mass is 315 g/mol. The van der Waals surface area contributed by atoms with Crippen LogP contribution in [-0.2, 0) is 19.1 Å². The van der Waals surface area contributed by atoms with E-state index in [1.807, 2.05) is 6.07 Å². The number of hydrogen-bond donors (Lipinski definition) is 0. The van der Waals surface area contributed by atoms with E-state index in [1.54, 1.807) is 31.2 Å². The number of fused-ring (bicyclic) bond motifs is 1. The number of para-hydroxylation sites is 1. The van der Waals surface area contributed by atoms with Gasteiger partial charge in [-0.3, -0.25) is 14.4 Å². The van der Waals surface area contributed by atoms with Crippen molar-refractivity contribution in [2.75, 3.05) is 12.0 Å². The number of esters is 1. The van der Waals surface area contributed by atoms with Gasteiger partial charge in [0, 0.05) is 6.42 Å². The van der Waals surface area contributed by atoms with Crippen LogP contribution in [-0.4, -0.2) is 36.5 Å². The van der Waals surface area contributed by atoms with Gasteiger partial charge in [-0.2, -0.15) is 10.2 Å². The van der Waals surface area contributed by atoms with E-state index < -0.39 is 17.5 Å². The molecule has 0 saturated carbocycles. The number of benzene rings is 1. The van der Waals surface area contributed by atoms with Crippen LogP contribution in [0.1, 0.15) is 19.8 Å². The number of nitrogens with zero attached hydrogens (tertiary/aromatic N) is 3. The van der Waals surface area contributed by atoms with Crippen LogP contribution >= 0.6 is 0 Å². The summed E-state index contributed by atoms with van der Waals surface area (Å²) in [7, 11) is 1.31. The maximum absolute atomic E-state index is 12.8. The fourth-order valence-corrected chi connectivity index (χ4v) is 3.13. The van der Waals surface area contributed by atoms with Gasteiger partial charge in [0.15, 0.2) is 6.04 Å². The third-order valence-electron chi connectivity index (χ3n) is 4.43. The number of hydrogen-bond acceptors (Lipinski definition) is 6. The topological polar surface area (TPSA) is 88.4 Å². The number of carbonyl (C=O) groups is 3. The Labute approximate surface area is 133 Å². The Bertz CT molecular complexity index is 688. The fraction of sp³-hybridized carbons (Fsp3) is 0.438. The Morgan fingerprint density at radius 2 is 1.96 bits per heavy atom. The summed E-state index contributed by atoms with van der Waals surface area (Å²) in [6.07, 6.45) is 0.439. The second kappa shape index (κ2) is 5.57. The lowest BCUT2D eigenvalue weighted by atomic mass is 9.80. The minimum Gasteiger partial charge on any atom is -0.469 e. The van der Waals surface area contributed by atoms with Crippen molar-refractivity contribution >= 4 is 23.5 Å². The van der Waals surface area contributed by atoms with Gasteiger partial charge >= 0.3 is 5.97 Å². The van der Waals surface area contributed by atoms with Crippen LogP contribution in [0.4, 0.5) is 5.69 Å². The number of methoxy groups -OCH3 is 1. The predicted molar refractivity (Wildman–Crippen MR) is 80.7 cm³/mol. The van der Waals surface area contributed by atoms with Crippen molar-refractivity contribution in [1.82, 2.24) is 0 Å². The highest BCUT2D eigenvalue weighted by molar-refractivity contribution is 6.24. The van der Waals surface area contributed by atoms with Gasteiger partial charge in [0.2, 0.25) is 5.91 Å². The third-order valence-corrected chi connectivity index (χ3v) is 4.43. The summed E-state index contributed by atoms with van der Waals surface area (Å²) < 4.78 is 4.63. The van der Waals surface area contributed by atoms with E-state index in [0.29, 0.717) is 12.1 Å². The summed E-state index contributed by atoms with van der Waals surface area (Å²) >= 11 is 0. The zero-order chi connectivity index (χ0) is 16.6. The van der Waals surface area contributed by atoms with E-state index in [-0.39, 0.29) is 24.2 Å². The number of rotatable bonds is 4. The molecule has 0 spiro atoms. The van der Waals surface area contributed by atoms with Gasteiger partial charge in [0.05, 0.1) is 24.3 Å². The lowest BCUT2D eigenvalue weighted by Crippen LogP contribution is -2.39. The molecule has 0 N–H and O–H groups in total. The second-order valence-electron chi connectivity index (χ2n) is 5.92. The molecule has 120 valence electrons. The molecule has 2 aliphatic heterocycles. The van der Waals surface area contributed by atoms with Gasteiger partial charge in [-0.05, 0) is 25.5 Å². The van der Waals surface area contributed by atoms with Crippen molar-refractivity contribution in [1.29, 1.82) is 0 Å². The molecule has 0 bridgehead atoms. The van der Waals surface area contributed by atoms with E-state index in [1.165, 1.54) is 12.0 Å². The molecule has 1 fully saturated rings. The molecule has 0 aromatic heterocycles. The van der Waals surface area contributed by atoms with E-state index in [9.17, 15) is 14.4 Å². The van der Waals surface area contributed by atoms with Gasteiger partial charge in [0.1, 0.15) is 0 Å². The molecule has 0 radical (unpaired) electrons. The molecule has 7 heteroatoms. The van der Waals surface area contributed by atoms with Gasteiger partial charge in [-0.15, -0.1) is 0 Å². The van der Waals surface area contributed by atoms with E-state index in [2.05, 4.69) is 15.0 Å². The lowest BCUT2D eigenvalue weighted by Gasteiger charge is -2.25. The number of azo groups is 1. The molecule has 0 aliphatic carbocycles. The van der Waals surface area contributed by atoms with Gasteiger partial charge in [-0.1, -0.05) is 18.2 Å². The van der Waals surface area contributed by atoms with Gasteiger partial charge in [-0.25, -0.2) is 4.90 Å². The molecule has 7 nitrogen and oxygen atoms in total. The Kier molecular flexibility index (Phi) is 3.71. The molecular formula is C16H17N3O4. The van der Waals surface area contributed by atoms with E-state index in [4.69, 9.17) is 0 Å². The van der Waals surface area contributed by atoms with Crippen molar-refractivity contribution in [2.45, 2.75) is 31.3 Å². The molecule has 2 aliphatic rings. The van der Waals surface area contributed by atoms with Crippen LogP contribution in [0.25, 0.3) is 0 Å². The number of imide groups is 1. The second-order valence-corrected chi connectivity index (χ2v) is 5.92.